The summed E-state index contributed by atoms with van der Waals surface area (Å²) >= 11 is 0. The molecule has 0 radical (unpaired) electrons. The average molecular weight is 241 g/mol. The van der Waals surface area contributed by atoms with Crippen molar-refractivity contribution < 1.29 is 14.3 Å². The SMILES string of the molecule is CC1CCCCC1OC(=O)CC1CNCCO1. The van der Waals surface area contributed by atoms with Crippen LogP contribution in [0.15, 0.2) is 0 Å². The number of nitrogens with one attached hydrogen (secondary N) is 1. The van der Waals surface area contributed by atoms with E-state index in [1.54, 1.807) is 0 Å². The highest BCUT2D eigenvalue weighted by Gasteiger charge is 2.26. The first-order valence-corrected chi connectivity index (χ1v) is 6.77. The summed E-state index contributed by atoms with van der Waals surface area (Å²) in [4.78, 5) is 11.8. The van der Waals surface area contributed by atoms with Crippen molar-refractivity contribution in [2.24, 2.45) is 5.92 Å². The number of morpholine rings is 1. The van der Waals surface area contributed by atoms with Crippen LogP contribution >= 0.6 is 0 Å². The topological polar surface area (TPSA) is 47.6 Å². The van der Waals surface area contributed by atoms with Crippen LogP contribution in [0, 0.1) is 5.92 Å². The Morgan fingerprint density at radius 1 is 1.41 bits per heavy atom. The maximum absolute atomic E-state index is 11.8. The fraction of sp³-hybridized carbons (Fsp3) is 0.923. The molecule has 1 aliphatic heterocycles. The Labute approximate surface area is 103 Å². The highest BCUT2D eigenvalue weighted by Crippen LogP contribution is 2.26. The maximum atomic E-state index is 11.8. The van der Waals surface area contributed by atoms with Gasteiger partial charge in [0.25, 0.3) is 0 Å². The molecule has 1 saturated carbocycles. The number of hydrogen-bond donors (Lipinski definition) is 1. The summed E-state index contributed by atoms with van der Waals surface area (Å²) < 4.78 is 11.1. The van der Waals surface area contributed by atoms with E-state index in [4.69, 9.17) is 9.47 Å². The zero-order chi connectivity index (χ0) is 12.1. The van der Waals surface area contributed by atoms with Crippen molar-refractivity contribution >= 4 is 5.97 Å². The molecule has 4 nitrogen and oxygen atoms in total. The molecule has 0 spiro atoms. The lowest BCUT2D eigenvalue weighted by molar-refractivity contribution is -0.156. The van der Waals surface area contributed by atoms with E-state index >= 15 is 0 Å². The predicted octanol–water partition coefficient (Wildman–Crippen LogP) is 1.49. The van der Waals surface area contributed by atoms with Crippen LogP contribution < -0.4 is 5.32 Å². The van der Waals surface area contributed by atoms with Gasteiger partial charge in [0.1, 0.15) is 6.10 Å². The van der Waals surface area contributed by atoms with E-state index in [1.165, 1.54) is 19.3 Å². The quantitative estimate of drug-likeness (QED) is 0.760. The molecule has 4 heteroatoms. The summed E-state index contributed by atoms with van der Waals surface area (Å²) in [7, 11) is 0. The first-order valence-electron chi connectivity index (χ1n) is 6.77. The van der Waals surface area contributed by atoms with Crippen LogP contribution in [0.3, 0.4) is 0 Å². The van der Waals surface area contributed by atoms with E-state index in [9.17, 15) is 4.79 Å². The molecule has 1 heterocycles. The van der Waals surface area contributed by atoms with Gasteiger partial charge in [0.15, 0.2) is 0 Å². The second-order valence-corrected chi connectivity index (χ2v) is 5.19. The van der Waals surface area contributed by atoms with Crippen molar-refractivity contribution in [3.05, 3.63) is 0 Å². The number of esters is 1. The van der Waals surface area contributed by atoms with Gasteiger partial charge < -0.3 is 14.8 Å². The molecule has 2 fully saturated rings. The third-order valence-electron chi connectivity index (χ3n) is 3.71. The van der Waals surface area contributed by atoms with Gasteiger partial charge in [-0.25, -0.2) is 0 Å². The predicted molar refractivity (Wildman–Crippen MR) is 64.7 cm³/mol. The fourth-order valence-electron chi connectivity index (χ4n) is 2.61. The molecule has 0 aromatic rings. The summed E-state index contributed by atoms with van der Waals surface area (Å²) in [5, 5.41) is 3.22. The zero-order valence-corrected chi connectivity index (χ0v) is 10.6. The summed E-state index contributed by atoms with van der Waals surface area (Å²) in [6.07, 6.45) is 5.17. The molecule has 1 aliphatic carbocycles. The first kappa shape index (κ1) is 12.8. The second-order valence-electron chi connectivity index (χ2n) is 5.19. The summed E-state index contributed by atoms with van der Waals surface area (Å²) in [5.41, 5.74) is 0. The molecule has 0 amide bonds. The van der Waals surface area contributed by atoms with Crippen LogP contribution in [-0.4, -0.2) is 37.9 Å². The van der Waals surface area contributed by atoms with Crippen LogP contribution in [0.4, 0.5) is 0 Å². The number of hydrogen-bond acceptors (Lipinski definition) is 4. The van der Waals surface area contributed by atoms with E-state index < -0.39 is 0 Å². The number of carbonyl (C=O) groups excluding carboxylic acids is 1. The van der Waals surface area contributed by atoms with Crippen LogP contribution in [0.2, 0.25) is 0 Å². The number of rotatable bonds is 3. The Morgan fingerprint density at radius 3 is 2.94 bits per heavy atom. The fourth-order valence-corrected chi connectivity index (χ4v) is 2.61. The van der Waals surface area contributed by atoms with Crippen LogP contribution in [0.1, 0.15) is 39.0 Å². The largest absolute Gasteiger partial charge is 0.462 e. The van der Waals surface area contributed by atoms with Gasteiger partial charge in [0, 0.05) is 13.1 Å². The average Bonchev–Trinajstić information content (AvgIpc) is 2.33. The lowest BCUT2D eigenvalue weighted by Gasteiger charge is -2.29. The monoisotopic (exact) mass is 241 g/mol. The highest BCUT2D eigenvalue weighted by atomic mass is 16.5. The molecule has 3 atom stereocenters. The van der Waals surface area contributed by atoms with Gasteiger partial charge in [-0.15, -0.1) is 0 Å². The second kappa shape index (κ2) is 6.36. The van der Waals surface area contributed by atoms with Crippen LogP contribution in [0.5, 0.6) is 0 Å². The molecule has 17 heavy (non-hydrogen) atoms. The van der Waals surface area contributed by atoms with E-state index in [1.807, 2.05) is 0 Å². The minimum Gasteiger partial charge on any atom is -0.462 e. The summed E-state index contributed by atoms with van der Waals surface area (Å²) in [5.74, 6) is 0.413. The molecule has 0 aromatic carbocycles. The van der Waals surface area contributed by atoms with Crippen LogP contribution in [-0.2, 0) is 14.3 Å². The van der Waals surface area contributed by atoms with Gasteiger partial charge in [-0.05, 0) is 25.2 Å². The summed E-state index contributed by atoms with van der Waals surface area (Å²) in [6.45, 7) is 4.51. The number of ether oxygens (including phenoxy) is 2. The standard InChI is InChI=1S/C13H23NO3/c1-10-4-2-3-5-12(10)17-13(15)8-11-9-14-6-7-16-11/h10-12,14H,2-9H2,1H3. The van der Waals surface area contributed by atoms with Crippen molar-refractivity contribution in [2.45, 2.75) is 51.2 Å². The molecule has 3 unspecified atom stereocenters. The maximum Gasteiger partial charge on any atom is 0.308 e. The molecular formula is C13H23NO3. The molecule has 98 valence electrons. The number of carbonyl (C=O) groups is 1. The minimum atomic E-state index is -0.0996. The van der Waals surface area contributed by atoms with Crippen molar-refractivity contribution in [1.29, 1.82) is 0 Å². The molecule has 1 saturated heterocycles. The Balaban J connectivity index is 1.72. The Morgan fingerprint density at radius 2 is 2.24 bits per heavy atom. The van der Waals surface area contributed by atoms with Crippen molar-refractivity contribution in [3.63, 3.8) is 0 Å². The van der Waals surface area contributed by atoms with Gasteiger partial charge in [0.2, 0.25) is 0 Å². The molecule has 0 bridgehead atoms. The van der Waals surface area contributed by atoms with Crippen molar-refractivity contribution in [2.75, 3.05) is 19.7 Å². The van der Waals surface area contributed by atoms with Crippen molar-refractivity contribution in [3.8, 4) is 0 Å². The smallest absolute Gasteiger partial charge is 0.308 e. The van der Waals surface area contributed by atoms with E-state index in [2.05, 4.69) is 12.2 Å². The highest BCUT2D eigenvalue weighted by molar-refractivity contribution is 5.70. The van der Waals surface area contributed by atoms with Gasteiger partial charge in [0.05, 0.1) is 19.1 Å². The molecule has 2 rings (SSSR count). The molecular weight excluding hydrogens is 218 g/mol. The van der Waals surface area contributed by atoms with Gasteiger partial charge >= 0.3 is 5.97 Å². The third kappa shape index (κ3) is 3.96. The molecule has 0 aromatic heterocycles. The van der Waals surface area contributed by atoms with Gasteiger partial charge in [-0.1, -0.05) is 13.3 Å². The molecule has 1 N–H and O–H groups in total. The van der Waals surface area contributed by atoms with E-state index in [-0.39, 0.29) is 18.2 Å². The minimum absolute atomic E-state index is 0.00449. The Bertz CT molecular complexity index is 251. The molecule has 2 aliphatic rings. The third-order valence-corrected chi connectivity index (χ3v) is 3.71. The normalized spacial score (nSPS) is 34.3. The van der Waals surface area contributed by atoms with Crippen molar-refractivity contribution in [1.82, 2.24) is 5.32 Å². The Kier molecular flexibility index (Phi) is 4.80. The van der Waals surface area contributed by atoms with Gasteiger partial charge in [-0.2, -0.15) is 0 Å². The first-order chi connectivity index (χ1) is 8.25. The van der Waals surface area contributed by atoms with E-state index in [0.717, 1.165) is 19.5 Å². The van der Waals surface area contributed by atoms with Crippen LogP contribution in [0.25, 0.3) is 0 Å². The zero-order valence-electron chi connectivity index (χ0n) is 10.6. The summed E-state index contributed by atoms with van der Waals surface area (Å²) in [6, 6.07) is 0. The Hall–Kier alpha value is -0.610. The van der Waals surface area contributed by atoms with E-state index in [0.29, 0.717) is 18.9 Å². The van der Waals surface area contributed by atoms with Gasteiger partial charge in [-0.3, -0.25) is 4.79 Å². The lowest BCUT2D eigenvalue weighted by atomic mass is 9.88. The lowest BCUT2D eigenvalue weighted by Crippen LogP contribution is -2.40.